The summed E-state index contributed by atoms with van der Waals surface area (Å²) in [6, 6.07) is 0. The van der Waals surface area contributed by atoms with Gasteiger partial charge in [-0.2, -0.15) is 11.8 Å². The molecular formula is C8H15NS. The van der Waals surface area contributed by atoms with E-state index in [1.165, 1.54) is 5.75 Å². The third-order valence-electron chi connectivity index (χ3n) is 1.16. The first-order chi connectivity index (χ1) is 4.91. The molecule has 0 amide bonds. The van der Waals surface area contributed by atoms with E-state index in [-0.39, 0.29) is 0 Å². The molecule has 0 spiro atoms. The molecule has 58 valence electrons. The second kappa shape index (κ2) is 8.87. The van der Waals surface area contributed by atoms with Crippen molar-refractivity contribution in [3.63, 3.8) is 0 Å². The molecule has 1 N–H and O–H groups in total. The lowest BCUT2D eigenvalue weighted by Crippen LogP contribution is -2.17. The number of terminal acetylenes is 1. The van der Waals surface area contributed by atoms with Crippen LogP contribution in [0.15, 0.2) is 0 Å². The number of unbranched alkanes of at least 4 members (excludes halogenated alkanes) is 1. The second-order valence-corrected chi connectivity index (χ2v) is 3.04. The van der Waals surface area contributed by atoms with E-state index in [1.54, 1.807) is 0 Å². The molecule has 0 aromatic carbocycles. The van der Waals surface area contributed by atoms with Crippen molar-refractivity contribution in [3.8, 4) is 12.3 Å². The van der Waals surface area contributed by atoms with Crippen LogP contribution in [0.1, 0.15) is 12.8 Å². The lowest BCUT2D eigenvalue weighted by molar-refractivity contribution is 0.688. The van der Waals surface area contributed by atoms with Crippen molar-refractivity contribution in [2.45, 2.75) is 12.8 Å². The van der Waals surface area contributed by atoms with E-state index in [4.69, 9.17) is 6.42 Å². The molecule has 0 aliphatic rings. The maximum absolute atomic E-state index is 5.09. The summed E-state index contributed by atoms with van der Waals surface area (Å²) < 4.78 is 0. The van der Waals surface area contributed by atoms with Crippen LogP contribution in [-0.4, -0.2) is 25.1 Å². The van der Waals surface area contributed by atoms with Gasteiger partial charge in [0.2, 0.25) is 0 Å². The van der Waals surface area contributed by atoms with Crippen molar-refractivity contribution in [2.75, 3.05) is 25.1 Å². The van der Waals surface area contributed by atoms with E-state index in [0.29, 0.717) is 0 Å². The van der Waals surface area contributed by atoms with Gasteiger partial charge in [0.1, 0.15) is 0 Å². The molecule has 0 atom stereocenters. The molecule has 0 unspecified atom stereocenters. The summed E-state index contributed by atoms with van der Waals surface area (Å²) in [5.41, 5.74) is 0. The van der Waals surface area contributed by atoms with Crippen molar-refractivity contribution in [3.05, 3.63) is 0 Å². The summed E-state index contributed by atoms with van der Waals surface area (Å²) in [6.07, 6.45) is 9.20. The highest BCUT2D eigenvalue weighted by molar-refractivity contribution is 7.98. The second-order valence-electron chi connectivity index (χ2n) is 2.05. The Labute approximate surface area is 68.0 Å². The van der Waals surface area contributed by atoms with Crippen molar-refractivity contribution in [1.29, 1.82) is 0 Å². The minimum Gasteiger partial charge on any atom is -0.316 e. The van der Waals surface area contributed by atoms with E-state index >= 15 is 0 Å². The molecule has 0 saturated heterocycles. The van der Waals surface area contributed by atoms with Gasteiger partial charge in [0.05, 0.1) is 0 Å². The maximum Gasteiger partial charge on any atom is 0.00981 e. The first kappa shape index (κ1) is 9.87. The predicted molar refractivity (Wildman–Crippen MR) is 49.3 cm³/mol. The number of nitrogens with one attached hydrogen (secondary N) is 1. The minimum absolute atomic E-state index is 0.895. The highest BCUT2D eigenvalue weighted by Crippen LogP contribution is 1.88. The van der Waals surface area contributed by atoms with Crippen LogP contribution >= 0.6 is 11.8 Å². The highest BCUT2D eigenvalue weighted by atomic mass is 32.2. The fourth-order valence-electron chi connectivity index (χ4n) is 0.615. The minimum atomic E-state index is 0.895. The standard InChI is InChI=1S/C8H15NS/c1-3-4-5-6-9-7-8-10-2/h1,9H,4-8H2,2H3. The number of hydrogen-bond donors (Lipinski definition) is 1. The molecule has 0 aromatic heterocycles. The molecule has 1 nitrogen and oxygen atoms in total. The van der Waals surface area contributed by atoms with Gasteiger partial charge in [-0.25, -0.2) is 0 Å². The molecule has 0 fully saturated rings. The summed E-state index contributed by atoms with van der Waals surface area (Å²) in [5, 5.41) is 3.30. The normalized spacial score (nSPS) is 9.20. The summed E-state index contributed by atoms with van der Waals surface area (Å²) >= 11 is 1.86. The van der Waals surface area contributed by atoms with Gasteiger partial charge in [0.25, 0.3) is 0 Å². The molecule has 0 aromatic rings. The van der Waals surface area contributed by atoms with Crippen LogP contribution in [-0.2, 0) is 0 Å². The molecule has 0 aliphatic heterocycles. The topological polar surface area (TPSA) is 12.0 Å². The van der Waals surface area contributed by atoms with Gasteiger partial charge in [0, 0.05) is 18.7 Å². The Morgan fingerprint density at radius 2 is 2.30 bits per heavy atom. The lowest BCUT2D eigenvalue weighted by atomic mass is 10.3. The molecule has 0 rings (SSSR count). The van der Waals surface area contributed by atoms with E-state index in [0.717, 1.165) is 25.9 Å². The Kier molecular flexibility index (Phi) is 8.75. The number of hydrogen-bond acceptors (Lipinski definition) is 2. The van der Waals surface area contributed by atoms with Gasteiger partial charge in [-0.3, -0.25) is 0 Å². The number of rotatable bonds is 6. The first-order valence-electron chi connectivity index (χ1n) is 3.55. The van der Waals surface area contributed by atoms with Crippen LogP contribution in [0.5, 0.6) is 0 Å². The van der Waals surface area contributed by atoms with Crippen molar-refractivity contribution >= 4 is 11.8 Å². The molecule has 0 bridgehead atoms. The monoisotopic (exact) mass is 157 g/mol. The van der Waals surface area contributed by atoms with Gasteiger partial charge in [-0.15, -0.1) is 12.3 Å². The van der Waals surface area contributed by atoms with Gasteiger partial charge < -0.3 is 5.32 Å². The molecule has 10 heavy (non-hydrogen) atoms. The van der Waals surface area contributed by atoms with Crippen LogP contribution in [0.25, 0.3) is 0 Å². The zero-order valence-corrected chi connectivity index (χ0v) is 7.34. The largest absolute Gasteiger partial charge is 0.316 e. The van der Waals surface area contributed by atoms with Crippen LogP contribution < -0.4 is 5.32 Å². The van der Waals surface area contributed by atoms with E-state index in [9.17, 15) is 0 Å². The third-order valence-corrected chi connectivity index (χ3v) is 1.77. The van der Waals surface area contributed by atoms with E-state index < -0.39 is 0 Å². The third kappa shape index (κ3) is 7.87. The summed E-state index contributed by atoms with van der Waals surface area (Å²) in [7, 11) is 0. The smallest absolute Gasteiger partial charge is 0.00981 e. The zero-order valence-electron chi connectivity index (χ0n) is 6.52. The Bertz CT molecular complexity index is 95.9. The summed E-state index contributed by atoms with van der Waals surface area (Å²) in [4.78, 5) is 0. The Morgan fingerprint density at radius 1 is 1.50 bits per heavy atom. The average Bonchev–Trinajstić information content (AvgIpc) is 1.97. The van der Waals surface area contributed by atoms with Crippen LogP contribution in [0, 0.1) is 12.3 Å². The van der Waals surface area contributed by atoms with Gasteiger partial charge >= 0.3 is 0 Å². The highest BCUT2D eigenvalue weighted by Gasteiger charge is 1.84. The summed E-state index contributed by atoms with van der Waals surface area (Å²) in [6.45, 7) is 2.16. The Morgan fingerprint density at radius 3 is 2.90 bits per heavy atom. The zero-order chi connectivity index (χ0) is 7.66. The predicted octanol–water partition coefficient (Wildman–Crippen LogP) is 1.35. The van der Waals surface area contributed by atoms with Crippen molar-refractivity contribution in [1.82, 2.24) is 5.32 Å². The molecule has 0 radical (unpaired) electrons. The van der Waals surface area contributed by atoms with Gasteiger partial charge in [-0.05, 0) is 19.2 Å². The molecule has 0 saturated carbocycles. The fourth-order valence-corrected chi connectivity index (χ4v) is 0.963. The van der Waals surface area contributed by atoms with Gasteiger partial charge in [-0.1, -0.05) is 0 Å². The molecule has 2 heteroatoms. The molecular weight excluding hydrogens is 142 g/mol. The average molecular weight is 157 g/mol. The fraction of sp³-hybridized carbons (Fsp3) is 0.750. The Hall–Kier alpha value is -0.130. The molecule has 0 aliphatic carbocycles. The van der Waals surface area contributed by atoms with Crippen LogP contribution in [0.4, 0.5) is 0 Å². The van der Waals surface area contributed by atoms with Crippen molar-refractivity contribution < 1.29 is 0 Å². The number of thioether (sulfide) groups is 1. The van der Waals surface area contributed by atoms with Crippen molar-refractivity contribution in [2.24, 2.45) is 0 Å². The van der Waals surface area contributed by atoms with Crippen LogP contribution in [0.2, 0.25) is 0 Å². The molecule has 0 heterocycles. The van der Waals surface area contributed by atoms with E-state index in [2.05, 4.69) is 17.5 Å². The first-order valence-corrected chi connectivity index (χ1v) is 4.94. The SMILES string of the molecule is C#CCCCNCCSC. The van der Waals surface area contributed by atoms with Crippen LogP contribution in [0.3, 0.4) is 0 Å². The quantitative estimate of drug-likeness (QED) is 0.461. The summed E-state index contributed by atoms with van der Waals surface area (Å²) in [5.74, 6) is 3.80. The van der Waals surface area contributed by atoms with Gasteiger partial charge in [0.15, 0.2) is 0 Å². The van der Waals surface area contributed by atoms with E-state index in [1.807, 2.05) is 11.8 Å². The Balaban J connectivity index is 2.72. The lowest BCUT2D eigenvalue weighted by Gasteiger charge is -1.99. The maximum atomic E-state index is 5.09.